The Labute approximate surface area is 158 Å². The Hall–Kier alpha value is -1.49. The van der Waals surface area contributed by atoms with Crippen molar-refractivity contribution in [1.82, 2.24) is 0 Å². The standard InChI is InChI=1S/C22H24O3S/c1-26-21-13-17-11-19-9-15-5-3-2-4-14(15)8-18(10-16(17)12-20(21)23)22(19)24-6-7-25-22/h2-5,12-13,18-19,23H,6-11H2,1H3. The molecule has 2 unspecified atom stereocenters. The zero-order chi connectivity index (χ0) is 17.7. The highest BCUT2D eigenvalue weighted by molar-refractivity contribution is 7.98. The minimum atomic E-state index is -0.493. The van der Waals surface area contributed by atoms with Crippen LogP contribution in [0, 0.1) is 11.8 Å². The Bertz CT molecular complexity index is 841. The monoisotopic (exact) mass is 368 g/mol. The van der Waals surface area contributed by atoms with Crippen molar-refractivity contribution in [3.63, 3.8) is 0 Å². The zero-order valence-electron chi connectivity index (χ0n) is 15.0. The Balaban J connectivity index is 1.65. The number of aromatic hydroxyl groups is 1. The zero-order valence-corrected chi connectivity index (χ0v) is 15.8. The lowest BCUT2D eigenvalue weighted by molar-refractivity contribution is -0.227. The summed E-state index contributed by atoms with van der Waals surface area (Å²) in [6.07, 6.45) is 5.80. The van der Waals surface area contributed by atoms with Crippen LogP contribution in [0.25, 0.3) is 0 Å². The highest BCUT2D eigenvalue weighted by Gasteiger charge is 2.53. The van der Waals surface area contributed by atoms with E-state index in [1.807, 2.05) is 12.3 Å². The Morgan fingerprint density at radius 1 is 0.885 bits per heavy atom. The maximum Gasteiger partial charge on any atom is 0.175 e. The van der Waals surface area contributed by atoms with E-state index in [0.717, 1.165) is 30.6 Å². The first-order chi connectivity index (χ1) is 12.7. The van der Waals surface area contributed by atoms with Gasteiger partial charge in [0.25, 0.3) is 0 Å². The normalized spacial score (nSPS) is 26.0. The third kappa shape index (κ3) is 2.50. The van der Waals surface area contributed by atoms with Crippen LogP contribution < -0.4 is 0 Å². The number of phenolic OH excluding ortho intramolecular Hbond substituents is 1. The van der Waals surface area contributed by atoms with Crippen LogP contribution in [0.2, 0.25) is 0 Å². The summed E-state index contributed by atoms with van der Waals surface area (Å²) < 4.78 is 12.7. The van der Waals surface area contributed by atoms with Crippen molar-refractivity contribution in [3.05, 3.63) is 58.7 Å². The average molecular weight is 368 g/mol. The summed E-state index contributed by atoms with van der Waals surface area (Å²) in [6.45, 7) is 1.36. The van der Waals surface area contributed by atoms with Gasteiger partial charge in [-0.25, -0.2) is 0 Å². The molecule has 2 aromatic rings. The van der Waals surface area contributed by atoms with Crippen LogP contribution in [0.4, 0.5) is 0 Å². The van der Waals surface area contributed by atoms with Gasteiger partial charge in [0.15, 0.2) is 5.79 Å². The lowest BCUT2D eigenvalue weighted by Gasteiger charge is -2.38. The summed E-state index contributed by atoms with van der Waals surface area (Å²) in [5.41, 5.74) is 5.46. The van der Waals surface area contributed by atoms with Gasteiger partial charge in [0.1, 0.15) is 5.75 Å². The molecule has 0 saturated carbocycles. The van der Waals surface area contributed by atoms with Crippen molar-refractivity contribution in [1.29, 1.82) is 0 Å². The van der Waals surface area contributed by atoms with Crippen molar-refractivity contribution in [2.45, 2.75) is 36.4 Å². The Kier molecular flexibility index (Phi) is 4.03. The number of rotatable bonds is 1. The minimum absolute atomic E-state index is 0.277. The number of hydrogen-bond acceptors (Lipinski definition) is 4. The molecule has 1 aliphatic heterocycles. The number of phenols is 1. The fourth-order valence-electron chi connectivity index (χ4n) is 5.18. The van der Waals surface area contributed by atoms with Crippen molar-refractivity contribution in [2.24, 2.45) is 11.8 Å². The molecule has 2 aliphatic carbocycles. The second-order valence-electron chi connectivity index (χ2n) is 7.69. The van der Waals surface area contributed by atoms with Crippen LogP contribution in [-0.4, -0.2) is 30.4 Å². The van der Waals surface area contributed by atoms with Gasteiger partial charge < -0.3 is 14.6 Å². The Morgan fingerprint density at radius 3 is 2.00 bits per heavy atom. The molecule has 2 aromatic carbocycles. The van der Waals surface area contributed by atoms with Gasteiger partial charge in [0.2, 0.25) is 0 Å². The quantitative estimate of drug-likeness (QED) is 0.773. The van der Waals surface area contributed by atoms with Crippen LogP contribution in [0.15, 0.2) is 41.3 Å². The second-order valence-corrected chi connectivity index (χ2v) is 8.54. The average Bonchev–Trinajstić information content (AvgIpc) is 3.06. The molecule has 4 heteroatoms. The van der Waals surface area contributed by atoms with Crippen molar-refractivity contribution >= 4 is 11.8 Å². The summed E-state index contributed by atoms with van der Waals surface area (Å²) in [5.74, 6) is 0.486. The van der Waals surface area contributed by atoms with E-state index in [4.69, 9.17) is 9.47 Å². The molecule has 5 rings (SSSR count). The maximum absolute atomic E-state index is 10.4. The molecule has 136 valence electrons. The van der Waals surface area contributed by atoms with Gasteiger partial charge in [-0.2, -0.15) is 0 Å². The topological polar surface area (TPSA) is 38.7 Å². The molecule has 3 nitrogen and oxygen atoms in total. The van der Waals surface area contributed by atoms with E-state index in [2.05, 4.69) is 30.3 Å². The van der Waals surface area contributed by atoms with E-state index in [-0.39, 0.29) is 5.92 Å². The van der Waals surface area contributed by atoms with Crippen LogP contribution in [0.1, 0.15) is 22.3 Å². The smallest absolute Gasteiger partial charge is 0.175 e. The summed E-state index contributed by atoms with van der Waals surface area (Å²) in [6, 6.07) is 13.0. The van der Waals surface area contributed by atoms with Gasteiger partial charge in [-0.1, -0.05) is 24.3 Å². The molecule has 1 fully saturated rings. The molecular formula is C22H24O3S. The first-order valence-corrected chi connectivity index (χ1v) is 10.7. The van der Waals surface area contributed by atoms with Crippen molar-refractivity contribution in [3.8, 4) is 5.75 Å². The van der Waals surface area contributed by atoms with Gasteiger partial charge in [0, 0.05) is 16.7 Å². The molecule has 1 heterocycles. The van der Waals surface area contributed by atoms with E-state index in [1.54, 1.807) is 11.8 Å². The fourth-order valence-corrected chi connectivity index (χ4v) is 5.71. The van der Waals surface area contributed by atoms with Gasteiger partial charge in [0.05, 0.1) is 13.2 Å². The van der Waals surface area contributed by atoms with Crippen LogP contribution in [0.5, 0.6) is 5.75 Å². The van der Waals surface area contributed by atoms with E-state index < -0.39 is 5.79 Å². The minimum Gasteiger partial charge on any atom is -0.507 e. The number of thioether (sulfide) groups is 1. The van der Waals surface area contributed by atoms with E-state index in [1.165, 1.54) is 22.3 Å². The summed E-state index contributed by atoms with van der Waals surface area (Å²) in [5, 5.41) is 10.4. The number of benzene rings is 2. The third-order valence-corrected chi connectivity index (χ3v) is 7.13. The molecule has 3 aliphatic rings. The number of hydrogen-bond donors (Lipinski definition) is 1. The molecule has 1 saturated heterocycles. The van der Waals surface area contributed by atoms with E-state index >= 15 is 0 Å². The lowest BCUT2D eigenvalue weighted by Crippen LogP contribution is -2.47. The van der Waals surface area contributed by atoms with E-state index in [9.17, 15) is 5.11 Å². The molecular weight excluding hydrogens is 344 g/mol. The van der Waals surface area contributed by atoms with Gasteiger partial charge in [-0.05, 0) is 66.3 Å². The molecule has 0 radical (unpaired) electrons. The SMILES string of the molecule is CSc1cc2c(cc1O)CC1Cc3ccccc3CC(C2)C12OCCO2. The second kappa shape index (κ2) is 6.29. The van der Waals surface area contributed by atoms with Gasteiger partial charge >= 0.3 is 0 Å². The van der Waals surface area contributed by atoms with Crippen LogP contribution in [0.3, 0.4) is 0 Å². The molecule has 2 atom stereocenters. The first kappa shape index (κ1) is 16.7. The van der Waals surface area contributed by atoms with Crippen molar-refractivity contribution < 1.29 is 14.6 Å². The first-order valence-electron chi connectivity index (χ1n) is 9.43. The van der Waals surface area contributed by atoms with Crippen molar-refractivity contribution in [2.75, 3.05) is 19.5 Å². The molecule has 0 amide bonds. The predicted octanol–water partition coefficient (Wildman–Crippen LogP) is 3.99. The summed E-state index contributed by atoms with van der Waals surface area (Å²) >= 11 is 1.60. The van der Waals surface area contributed by atoms with Gasteiger partial charge in [-0.15, -0.1) is 11.8 Å². The number of ether oxygens (including phenoxy) is 2. The molecule has 1 N–H and O–H groups in total. The van der Waals surface area contributed by atoms with Crippen LogP contribution >= 0.6 is 11.8 Å². The largest absolute Gasteiger partial charge is 0.507 e. The van der Waals surface area contributed by atoms with E-state index in [0.29, 0.717) is 24.9 Å². The third-order valence-electron chi connectivity index (χ3n) is 6.36. The predicted molar refractivity (Wildman–Crippen MR) is 103 cm³/mol. The highest BCUT2D eigenvalue weighted by Crippen LogP contribution is 2.48. The molecule has 0 aromatic heterocycles. The lowest BCUT2D eigenvalue weighted by atomic mass is 9.83. The summed E-state index contributed by atoms with van der Waals surface area (Å²) in [4.78, 5) is 0.959. The maximum atomic E-state index is 10.4. The van der Waals surface area contributed by atoms with Gasteiger partial charge in [-0.3, -0.25) is 0 Å². The van der Waals surface area contributed by atoms with Crippen LogP contribution in [-0.2, 0) is 35.2 Å². The highest BCUT2D eigenvalue weighted by atomic mass is 32.2. The Morgan fingerprint density at radius 2 is 1.42 bits per heavy atom. The fraction of sp³-hybridized carbons (Fsp3) is 0.455. The number of fused-ring (bicyclic) bond motifs is 2. The molecule has 1 spiro atoms. The molecule has 26 heavy (non-hydrogen) atoms. The molecule has 2 bridgehead atoms. The summed E-state index contributed by atoms with van der Waals surface area (Å²) in [7, 11) is 0.